The first kappa shape index (κ1) is 22.1. The van der Waals surface area contributed by atoms with Gasteiger partial charge in [-0.1, -0.05) is 30.3 Å². The Morgan fingerprint density at radius 3 is 2.67 bits per heavy atom. The number of carbonyl (C=O) groups is 4. The lowest BCUT2D eigenvalue weighted by Crippen LogP contribution is -2.39. The molecule has 1 atom stereocenters. The molecule has 0 saturated carbocycles. The maximum Gasteiger partial charge on any atom is 0.326 e. The number of fused-ring (bicyclic) bond motifs is 2. The van der Waals surface area contributed by atoms with Crippen LogP contribution in [0.15, 0.2) is 42.5 Å². The van der Waals surface area contributed by atoms with Gasteiger partial charge in [-0.2, -0.15) is 0 Å². The minimum absolute atomic E-state index is 0.127. The number of esters is 1. The molecule has 0 radical (unpaired) electrons. The number of amides is 3. The predicted octanol–water partition coefficient (Wildman–Crippen LogP) is 2.27. The van der Waals surface area contributed by atoms with Gasteiger partial charge in [0.25, 0.3) is 23.4 Å². The van der Waals surface area contributed by atoms with Crippen molar-refractivity contribution in [3.8, 4) is 0 Å². The Kier molecular flexibility index (Phi) is 5.91. The summed E-state index contributed by atoms with van der Waals surface area (Å²) in [5.41, 5.74) is 1.25. The zero-order valence-electron chi connectivity index (χ0n) is 17.9. The maximum absolute atomic E-state index is 12.6. The van der Waals surface area contributed by atoms with Crippen LogP contribution in [0.5, 0.6) is 0 Å². The van der Waals surface area contributed by atoms with E-state index in [0.29, 0.717) is 4.90 Å². The number of hydrogen-bond donors (Lipinski definition) is 0. The molecule has 10 nitrogen and oxygen atoms in total. The molecule has 1 aliphatic heterocycles. The Balaban J connectivity index is 1.38. The maximum atomic E-state index is 12.6. The van der Waals surface area contributed by atoms with E-state index < -0.39 is 47.5 Å². The quantitative estimate of drug-likeness (QED) is 0.285. The first-order valence-electron chi connectivity index (χ1n) is 10.4. The molecule has 0 fully saturated rings. The van der Waals surface area contributed by atoms with E-state index >= 15 is 0 Å². The first-order chi connectivity index (χ1) is 15.8. The topological polar surface area (TPSA) is 127 Å². The summed E-state index contributed by atoms with van der Waals surface area (Å²) in [4.78, 5) is 62.5. The van der Waals surface area contributed by atoms with Gasteiger partial charge in [-0.25, -0.2) is 0 Å². The summed E-state index contributed by atoms with van der Waals surface area (Å²) < 4.78 is 5.03. The second-order valence-corrected chi connectivity index (χ2v) is 7.93. The second-order valence-electron chi connectivity index (χ2n) is 7.93. The Bertz CT molecular complexity index is 1180. The number of aryl methyl sites for hydroxylation is 1. The molecule has 0 spiro atoms. The molecule has 0 bridgehead atoms. The number of nitro groups is 1. The number of benzene rings is 2. The first-order valence-corrected chi connectivity index (χ1v) is 10.4. The molecule has 0 saturated heterocycles. The lowest BCUT2D eigenvalue weighted by atomic mass is 9.87. The van der Waals surface area contributed by atoms with Crippen molar-refractivity contribution in [2.75, 3.05) is 20.2 Å². The van der Waals surface area contributed by atoms with Crippen molar-refractivity contribution in [2.45, 2.75) is 25.3 Å². The van der Waals surface area contributed by atoms with Crippen LogP contribution in [-0.2, 0) is 20.7 Å². The average molecular weight is 451 g/mol. The van der Waals surface area contributed by atoms with Crippen LogP contribution in [0.4, 0.5) is 5.69 Å². The Morgan fingerprint density at radius 2 is 1.91 bits per heavy atom. The Labute approximate surface area is 188 Å². The van der Waals surface area contributed by atoms with Gasteiger partial charge < -0.3 is 9.64 Å². The van der Waals surface area contributed by atoms with Gasteiger partial charge in [0, 0.05) is 13.1 Å². The van der Waals surface area contributed by atoms with Crippen molar-refractivity contribution >= 4 is 29.4 Å². The van der Waals surface area contributed by atoms with Crippen molar-refractivity contribution in [3.05, 3.63) is 74.8 Å². The molecule has 170 valence electrons. The van der Waals surface area contributed by atoms with Crippen molar-refractivity contribution < 1.29 is 28.8 Å². The molecule has 4 rings (SSSR count). The van der Waals surface area contributed by atoms with Crippen LogP contribution in [0.2, 0.25) is 0 Å². The third-order valence-electron chi connectivity index (χ3n) is 6.02. The number of imide groups is 1. The summed E-state index contributed by atoms with van der Waals surface area (Å²) >= 11 is 0. The lowest BCUT2D eigenvalue weighted by Gasteiger charge is -2.33. The zero-order chi connectivity index (χ0) is 23.7. The molecule has 0 N–H and O–H groups in total. The van der Waals surface area contributed by atoms with Crippen molar-refractivity contribution in [1.29, 1.82) is 0 Å². The predicted molar refractivity (Wildman–Crippen MR) is 114 cm³/mol. The number of hydrogen-bond acceptors (Lipinski definition) is 7. The highest BCUT2D eigenvalue weighted by Gasteiger charge is 2.42. The molecule has 1 heterocycles. The standard InChI is InChI=1S/C23H21N3O7/c1-24(17-10-4-7-14-6-2-3-8-15(14)17)19(27)13-33-20(28)12-25-22(29)16-9-5-11-18(26(31)32)21(16)23(25)30/h2-3,5-6,8-9,11,17H,4,7,10,12-13H2,1H3. The van der Waals surface area contributed by atoms with Crippen LogP contribution < -0.4 is 0 Å². The Hall–Kier alpha value is -4.08. The third kappa shape index (κ3) is 4.07. The summed E-state index contributed by atoms with van der Waals surface area (Å²) in [6, 6.07) is 11.5. The van der Waals surface area contributed by atoms with Gasteiger partial charge in [-0.3, -0.25) is 34.2 Å². The second kappa shape index (κ2) is 8.81. The highest BCUT2D eigenvalue weighted by molar-refractivity contribution is 6.24. The SMILES string of the molecule is CN(C(=O)COC(=O)CN1C(=O)c2cccc([N+](=O)[O-])c2C1=O)C1CCCc2ccccc21. The van der Waals surface area contributed by atoms with Gasteiger partial charge in [0.15, 0.2) is 6.61 Å². The molecular weight excluding hydrogens is 430 g/mol. The van der Waals surface area contributed by atoms with E-state index in [1.54, 1.807) is 7.05 Å². The van der Waals surface area contributed by atoms with E-state index in [2.05, 4.69) is 0 Å². The zero-order valence-corrected chi connectivity index (χ0v) is 17.9. The molecule has 3 amide bonds. The fraction of sp³-hybridized carbons (Fsp3) is 0.304. The van der Waals surface area contributed by atoms with E-state index in [4.69, 9.17) is 4.74 Å². The van der Waals surface area contributed by atoms with Gasteiger partial charge in [-0.15, -0.1) is 0 Å². The van der Waals surface area contributed by atoms with E-state index in [0.717, 1.165) is 30.9 Å². The summed E-state index contributed by atoms with van der Waals surface area (Å²) in [6.07, 6.45) is 2.67. The molecule has 1 aliphatic carbocycles. The molecule has 2 aromatic rings. The average Bonchev–Trinajstić information content (AvgIpc) is 3.06. The molecule has 1 unspecified atom stereocenters. The highest BCUT2D eigenvalue weighted by Crippen LogP contribution is 2.33. The van der Waals surface area contributed by atoms with E-state index in [9.17, 15) is 29.3 Å². The van der Waals surface area contributed by atoms with Crippen LogP contribution in [0.1, 0.15) is 50.7 Å². The number of nitrogens with zero attached hydrogens (tertiary/aromatic N) is 3. The van der Waals surface area contributed by atoms with Gasteiger partial charge >= 0.3 is 5.97 Å². The van der Waals surface area contributed by atoms with E-state index in [1.165, 1.54) is 22.6 Å². The van der Waals surface area contributed by atoms with E-state index in [-0.39, 0.29) is 17.2 Å². The number of carbonyl (C=O) groups excluding carboxylic acids is 4. The monoisotopic (exact) mass is 451 g/mol. The minimum atomic E-state index is -0.960. The minimum Gasteiger partial charge on any atom is -0.454 e. The van der Waals surface area contributed by atoms with Crippen LogP contribution in [0.25, 0.3) is 0 Å². The Morgan fingerprint density at radius 1 is 1.15 bits per heavy atom. The van der Waals surface area contributed by atoms with Gasteiger partial charge in [0.1, 0.15) is 12.1 Å². The smallest absolute Gasteiger partial charge is 0.326 e. The van der Waals surface area contributed by atoms with Crippen LogP contribution in [0.3, 0.4) is 0 Å². The third-order valence-corrected chi connectivity index (χ3v) is 6.02. The molecular formula is C23H21N3O7. The van der Waals surface area contributed by atoms with Crippen molar-refractivity contribution in [2.24, 2.45) is 0 Å². The fourth-order valence-corrected chi connectivity index (χ4v) is 4.33. The van der Waals surface area contributed by atoms with E-state index in [1.807, 2.05) is 24.3 Å². The molecule has 33 heavy (non-hydrogen) atoms. The lowest BCUT2D eigenvalue weighted by molar-refractivity contribution is -0.385. The normalized spacial score (nSPS) is 16.8. The van der Waals surface area contributed by atoms with Crippen LogP contribution >= 0.6 is 0 Å². The number of nitro benzene ring substituents is 1. The highest BCUT2D eigenvalue weighted by atomic mass is 16.6. The number of ether oxygens (including phenoxy) is 1. The number of rotatable bonds is 6. The van der Waals surface area contributed by atoms with Gasteiger partial charge in [-0.05, 0) is 36.5 Å². The van der Waals surface area contributed by atoms with Gasteiger partial charge in [0.2, 0.25) is 0 Å². The summed E-state index contributed by atoms with van der Waals surface area (Å²) in [5.74, 6) is -3.14. The summed E-state index contributed by atoms with van der Waals surface area (Å²) in [7, 11) is 1.65. The van der Waals surface area contributed by atoms with Gasteiger partial charge in [0.05, 0.1) is 16.5 Å². The molecule has 2 aromatic carbocycles. The summed E-state index contributed by atoms with van der Waals surface area (Å²) in [6.45, 7) is -1.29. The molecule has 10 heteroatoms. The molecule has 2 aliphatic rings. The summed E-state index contributed by atoms with van der Waals surface area (Å²) in [5, 5.41) is 11.2. The fourth-order valence-electron chi connectivity index (χ4n) is 4.33. The van der Waals surface area contributed by atoms with Crippen molar-refractivity contribution in [3.63, 3.8) is 0 Å². The van der Waals surface area contributed by atoms with Crippen molar-refractivity contribution in [1.82, 2.24) is 9.80 Å². The van der Waals surface area contributed by atoms with Crippen LogP contribution in [-0.4, -0.2) is 58.6 Å². The largest absolute Gasteiger partial charge is 0.454 e. The molecule has 0 aromatic heterocycles. The number of likely N-dealkylation sites (N-methyl/N-ethyl adjacent to an activating group) is 1. The van der Waals surface area contributed by atoms with Crippen LogP contribution in [0, 0.1) is 10.1 Å².